The molecule has 4 nitrogen and oxygen atoms in total. The van der Waals surface area contributed by atoms with Gasteiger partial charge in [-0.15, -0.1) is 0 Å². The Hall–Kier alpha value is -1.42. The van der Waals surface area contributed by atoms with Crippen molar-refractivity contribution in [2.45, 2.75) is 44.4 Å². The molecule has 1 aromatic carbocycles. The molecule has 1 aliphatic carbocycles. The molecule has 2 rings (SSSR count). The molecule has 1 unspecified atom stereocenters. The van der Waals surface area contributed by atoms with Crippen LogP contribution in [0.1, 0.15) is 50.0 Å². The number of benzene rings is 1. The van der Waals surface area contributed by atoms with E-state index in [0.717, 1.165) is 37.7 Å². The van der Waals surface area contributed by atoms with Crippen LogP contribution in [0.2, 0.25) is 5.02 Å². The van der Waals surface area contributed by atoms with E-state index >= 15 is 0 Å². The molecule has 0 radical (unpaired) electrons. The first-order valence-electron chi connectivity index (χ1n) is 7.48. The molecule has 0 saturated heterocycles. The molecule has 114 valence electrons. The van der Waals surface area contributed by atoms with Crippen molar-refractivity contribution < 1.29 is 9.72 Å². The zero-order valence-electron chi connectivity index (χ0n) is 12.0. The maximum Gasteiger partial charge on any atom is 0.211 e. The van der Waals surface area contributed by atoms with Crippen LogP contribution in [0.4, 0.5) is 0 Å². The SMILES string of the molecule is O=C1CCCCCC[C@H]1C(C[N+](=O)[O-])c1ccc(Cl)cc1. The van der Waals surface area contributed by atoms with Crippen LogP contribution in [0, 0.1) is 16.0 Å². The van der Waals surface area contributed by atoms with Crippen LogP contribution in [-0.2, 0) is 4.79 Å². The number of carbonyl (C=O) groups is 1. The van der Waals surface area contributed by atoms with E-state index in [4.69, 9.17) is 11.6 Å². The van der Waals surface area contributed by atoms with Crippen LogP contribution in [-0.4, -0.2) is 17.3 Å². The molecular formula is C16H20ClNO3. The molecule has 0 heterocycles. The van der Waals surface area contributed by atoms with E-state index in [2.05, 4.69) is 0 Å². The number of hydrogen-bond acceptors (Lipinski definition) is 3. The fraction of sp³-hybridized carbons (Fsp3) is 0.562. The van der Waals surface area contributed by atoms with Crippen molar-refractivity contribution in [1.29, 1.82) is 0 Å². The highest BCUT2D eigenvalue weighted by Gasteiger charge is 2.33. The van der Waals surface area contributed by atoms with Crippen LogP contribution in [0.5, 0.6) is 0 Å². The third-order valence-electron chi connectivity index (χ3n) is 4.23. The predicted molar refractivity (Wildman–Crippen MR) is 82.3 cm³/mol. The van der Waals surface area contributed by atoms with Crippen molar-refractivity contribution in [2.24, 2.45) is 5.92 Å². The molecule has 0 amide bonds. The number of nitrogens with zero attached hydrogens (tertiary/aromatic N) is 1. The molecule has 21 heavy (non-hydrogen) atoms. The summed E-state index contributed by atoms with van der Waals surface area (Å²) in [6.07, 6.45) is 5.36. The quantitative estimate of drug-likeness (QED) is 0.617. The average Bonchev–Trinajstić information content (AvgIpc) is 2.42. The van der Waals surface area contributed by atoms with E-state index in [-0.39, 0.29) is 29.1 Å². The second-order valence-corrected chi connectivity index (χ2v) is 6.14. The van der Waals surface area contributed by atoms with Gasteiger partial charge in [0.2, 0.25) is 6.54 Å². The first-order valence-corrected chi connectivity index (χ1v) is 7.85. The molecule has 1 aromatic rings. The molecule has 0 bridgehead atoms. The second-order valence-electron chi connectivity index (χ2n) is 5.70. The normalized spacial score (nSPS) is 21.4. The standard InChI is InChI=1S/C16H20ClNO3/c17-13-9-7-12(8-10-13)15(11-18(20)21)14-5-3-1-2-4-6-16(14)19/h7-10,14-15H,1-6,11H2/t14-,15?/m0/s1. The van der Waals surface area contributed by atoms with Gasteiger partial charge in [0.1, 0.15) is 5.78 Å². The highest BCUT2D eigenvalue weighted by Crippen LogP contribution is 2.33. The van der Waals surface area contributed by atoms with Gasteiger partial charge in [-0.05, 0) is 30.5 Å². The fourth-order valence-corrected chi connectivity index (χ4v) is 3.25. The Kier molecular flexibility index (Phi) is 5.74. The van der Waals surface area contributed by atoms with Crippen molar-refractivity contribution in [3.05, 3.63) is 45.0 Å². The summed E-state index contributed by atoms with van der Waals surface area (Å²) in [6, 6.07) is 7.08. The van der Waals surface area contributed by atoms with E-state index < -0.39 is 0 Å². The molecule has 1 fully saturated rings. The Morgan fingerprint density at radius 1 is 1.19 bits per heavy atom. The van der Waals surface area contributed by atoms with Gasteiger partial charge < -0.3 is 0 Å². The van der Waals surface area contributed by atoms with Gasteiger partial charge in [-0.2, -0.15) is 0 Å². The predicted octanol–water partition coefficient (Wildman–Crippen LogP) is 4.24. The molecule has 0 N–H and O–H groups in total. The molecule has 1 aliphatic rings. The van der Waals surface area contributed by atoms with Crippen LogP contribution >= 0.6 is 11.6 Å². The zero-order valence-corrected chi connectivity index (χ0v) is 12.7. The maximum atomic E-state index is 12.4. The van der Waals surface area contributed by atoms with Crippen molar-refractivity contribution in [3.63, 3.8) is 0 Å². The van der Waals surface area contributed by atoms with E-state index in [0.29, 0.717) is 11.4 Å². The maximum absolute atomic E-state index is 12.4. The van der Waals surface area contributed by atoms with E-state index in [1.54, 1.807) is 12.1 Å². The van der Waals surface area contributed by atoms with Crippen LogP contribution < -0.4 is 0 Å². The summed E-state index contributed by atoms with van der Waals surface area (Å²) in [5.74, 6) is -0.406. The number of ketones is 1. The lowest BCUT2D eigenvalue weighted by Crippen LogP contribution is -2.28. The summed E-state index contributed by atoms with van der Waals surface area (Å²) in [5.41, 5.74) is 0.843. The van der Waals surface area contributed by atoms with Gasteiger partial charge in [-0.25, -0.2) is 0 Å². The second kappa shape index (κ2) is 7.55. The van der Waals surface area contributed by atoms with Crippen molar-refractivity contribution in [3.8, 4) is 0 Å². The Morgan fingerprint density at radius 2 is 1.86 bits per heavy atom. The van der Waals surface area contributed by atoms with Gasteiger partial charge in [-0.3, -0.25) is 14.9 Å². The lowest BCUT2D eigenvalue weighted by molar-refractivity contribution is -0.484. The first-order chi connectivity index (χ1) is 10.1. The first kappa shape index (κ1) is 16.0. The smallest absolute Gasteiger partial charge is 0.211 e. The number of hydrogen-bond donors (Lipinski definition) is 0. The van der Waals surface area contributed by atoms with Crippen LogP contribution in [0.25, 0.3) is 0 Å². The van der Waals surface area contributed by atoms with E-state index in [1.807, 2.05) is 12.1 Å². The molecule has 0 spiro atoms. The van der Waals surface area contributed by atoms with Gasteiger partial charge in [0.05, 0.1) is 5.92 Å². The Balaban J connectivity index is 2.26. The van der Waals surface area contributed by atoms with Gasteiger partial charge in [0.15, 0.2) is 0 Å². The highest BCUT2D eigenvalue weighted by atomic mass is 35.5. The number of rotatable bonds is 4. The largest absolute Gasteiger partial charge is 0.299 e. The third-order valence-corrected chi connectivity index (χ3v) is 4.48. The molecule has 0 aromatic heterocycles. The molecule has 0 aliphatic heterocycles. The Bertz CT molecular complexity index is 501. The minimum absolute atomic E-state index is 0.177. The summed E-state index contributed by atoms with van der Waals surface area (Å²) in [7, 11) is 0. The van der Waals surface area contributed by atoms with Crippen molar-refractivity contribution in [2.75, 3.05) is 6.54 Å². The fourth-order valence-electron chi connectivity index (χ4n) is 3.12. The minimum Gasteiger partial charge on any atom is -0.299 e. The summed E-state index contributed by atoms with van der Waals surface area (Å²) in [5, 5.41) is 11.6. The van der Waals surface area contributed by atoms with Gasteiger partial charge in [0.25, 0.3) is 0 Å². The summed E-state index contributed by atoms with van der Waals surface area (Å²) < 4.78 is 0. The average molecular weight is 310 g/mol. The molecule has 2 atom stereocenters. The lowest BCUT2D eigenvalue weighted by atomic mass is 9.77. The zero-order chi connectivity index (χ0) is 15.2. The van der Waals surface area contributed by atoms with Gasteiger partial charge in [-0.1, -0.05) is 43.0 Å². The number of nitro groups is 1. The highest BCUT2D eigenvalue weighted by molar-refractivity contribution is 6.30. The number of carbonyl (C=O) groups excluding carboxylic acids is 1. The summed E-state index contributed by atoms with van der Waals surface area (Å²) in [6.45, 7) is -0.196. The molecule has 1 saturated carbocycles. The van der Waals surface area contributed by atoms with Crippen LogP contribution in [0.15, 0.2) is 24.3 Å². The summed E-state index contributed by atoms with van der Waals surface area (Å²) >= 11 is 5.88. The molecule has 5 heteroatoms. The monoisotopic (exact) mass is 309 g/mol. The summed E-state index contributed by atoms with van der Waals surface area (Å²) in [4.78, 5) is 23.1. The van der Waals surface area contributed by atoms with Gasteiger partial charge in [0, 0.05) is 22.3 Å². The van der Waals surface area contributed by atoms with Crippen molar-refractivity contribution in [1.82, 2.24) is 0 Å². The third kappa shape index (κ3) is 4.53. The van der Waals surface area contributed by atoms with Gasteiger partial charge >= 0.3 is 0 Å². The number of Topliss-reactive ketones (excluding diaryl/α,β-unsaturated/α-hetero) is 1. The van der Waals surface area contributed by atoms with E-state index in [9.17, 15) is 14.9 Å². The number of halogens is 1. The van der Waals surface area contributed by atoms with Crippen molar-refractivity contribution >= 4 is 17.4 Å². The Morgan fingerprint density at radius 3 is 2.52 bits per heavy atom. The van der Waals surface area contributed by atoms with Crippen LogP contribution in [0.3, 0.4) is 0 Å². The molecular weight excluding hydrogens is 290 g/mol. The minimum atomic E-state index is -0.345. The van der Waals surface area contributed by atoms with E-state index in [1.165, 1.54) is 0 Å². The lowest BCUT2D eigenvalue weighted by Gasteiger charge is -2.25. The topological polar surface area (TPSA) is 60.2 Å². The Labute approximate surface area is 129 Å².